The van der Waals surface area contributed by atoms with E-state index in [1.54, 1.807) is 12.3 Å². The molecule has 2 fully saturated rings. The number of piperidine rings is 2. The van der Waals surface area contributed by atoms with Crippen molar-refractivity contribution in [1.29, 1.82) is 0 Å². The molecule has 0 aromatic carbocycles. The van der Waals surface area contributed by atoms with Crippen LogP contribution in [0.2, 0.25) is 0 Å². The predicted molar refractivity (Wildman–Crippen MR) is 85.9 cm³/mol. The minimum atomic E-state index is -0.107. The van der Waals surface area contributed by atoms with Crippen LogP contribution in [0.1, 0.15) is 37.8 Å². The van der Waals surface area contributed by atoms with Gasteiger partial charge in [-0.05, 0) is 38.7 Å². The van der Waals surface area contributed by atoms with Crippen LogP contribution in [-0.2, 0) is 4.79 Å². The maximum absolute atomic E-state index is 12.4. The van der Waals surface area contributed by atoms with Crippen molar-refractivity contribution in [3.63, 3.8) is 0 Å². The Morgan fingerprint density at radius 1 is 1.26 bits per heavy atom. The Morgan fingerprint density at radius 3 is 2.74 bits per heavy atom. The second-order valence-electron chi connectivity index (χ2n) is 6.22. The summed E-state index contributed by atoms with van der Waals surface area (Å²) in [6.07, 6.45) is 6.06. The smallest absolute Gasteiger partial charge is 0.321 e. The molecule has 7 nitrogen and oxygen atoms in total. The third kappa shape index (κ3) is 3.60. The van der Waals surface area contributed by atoms with E-state index in [1.165, 1.54) is 0 Å². The zero-order chi connectivity index (χ0) is 16.2. The summed E-state index contributed by atoms with van der Waals surface area (Å²) in [6.45, 7) is 4.05. The molecule has 0 atom stereocenters. The fourth-order valence-electron chi connectivity index (χ4n) is 3.32. The molecule has 0 saturated carbocycles. The van der Waals surface area contributed by atoms with Crippen molar-refractivity contribution in [2.24, 2.45) is 0 Å². The third-order valence-corrected chi connectivity index (χ3v) is 4.70. The lowest BCUT2D eigenvalue weighted by Gasteiger charge is -2.40. The summed E-state index contributed by atoms with van der Waals surface area (Å²) in [5, 5.41) is 10.6. The number of carbonyl (C=O) groups excluding carboxylic acids is 2. The zero-order valence-electron chi connectivity index (χ0n) is 13.5. The highest BCUT2D eigenvalue weighted by Crippen LogP contribution is 2.22. The Labute approximate surface area is 136 Å². The zero-order valence-corrected chi connectivity index (χ0v) is 13.5. The van der Waals surface area contributed by atoms with Gasteiger partial charge in [0.25, 0.3) is 0 Å². The van der Waals surface area contributed by atoms with E-state index in [0.717, 1.165) is 32.2 Å². The summed E-state index contributed by atoms with van der Waals surface area (Å²) in [6, 6.07) is 1.93. The van der Waals surface area contributed by atoms with E-state index < -0.39 is 0 Å². The van der Waals surface area contributed by atoms with Crippen molar-refractivity contribution >= 4 is 17.6 Å². The highest BCUT2D eigenvalue weighted by Gasteiger charge is 2.30. The average molecular weight is 317 g/mol. The molecular weight excluding hydrogens is 294 g/mol. The van der Waals surface area contributed by atoms with Gasteiger partial charge >= 0.3 is 6.03 Å². The van der Waals surface area contributed by atoms with E-state index in [-0.39, 0.29) is 18.0 Å². The van der Waals surface area contributed by atoms with Crippen molar-refractivity contribution in [3.8, 4) is 0 Å². The van der Waals surface area contributed by atoms with E-state index >= 15 is 0 Å². The molecule has 0 bridgehead atoms. The highest BCUT2D eigenvalue weighted by atomic mass is 16.2. The fourth-order valence-corrected chi connectivity index (χ4v) is 3.32. The standard InChI is InChI=1S/C16H23N5O2/c1-12-14(5-8-17-19-12)18-16(23)20-10-6-13(7-11-20)21-9-3-2-4-15(21)22/h5,8,13H,2-4,6-7,9-11H2,1H3,(H,17,18,23). The summed E-state index contributed by atoms with van der Waals surface area (Å²) in [5.74, 6) is 0.276. The summed E-state index contributed by atoms with van der Waals surface area (Å²) >= 11 is 0. The first-order valence-electron chi connectivity index (χ1n) is 8.29. The Morgan fingerprint density at radius 2 is 2.04 bits per heavy atom. The number of hydrogen-bond donors (Lipinski definition) is 1. The molecule has 3 rings (SSSR count). The number of rotatable bonds is 2. The molecule has 1 aromatic rings. The maximum Gasteiger partial charge on any atom is 0.321 e. The Kier molecular flexibility index (Phi) is 4.73. The number of nitrogens with zero attached hydrogens (tertiary/aromatic N) is 4. The van der Waals surface area contributed by atoms with Gasteiger partial charge in [-0.25, -0.2) is 4.79 Å². The van der Waals surface area contributed by atoms with Gasteiger partial charge < -0.3 is 15.1 Å². The van der Waals surface area contributed by atoms with Gasteiger partial charge in [-0.2, -0.15) is 10.2 Å². The molecule has 1 N–H and O–H groups in total. The van der Waals surface area contributed by atoms with Crippen molar-refractivity contribution in [2.75, 3.05) is 25.0 Å². The third-order valence-electron chi connectivity index (χ3n) is 4.70. The van der Waals surface area contributed by atoms with Gasteiger partial charge in [0.2, 0.25) is 5.91 Å². The molecule has 7 heteroatoms. The van der Waals surface area contributed by atoms with E-state index in [9.17, 15) is 9.59 Å². The second kappa shape index (κ2) is 6.93. The lowest BCUT2D eigenvalue weighted by atomic mass is 10.00. The molecule has 23 heavy (non-hydrogen) atoms. The lowest BCUT2D eigenvalue weighted by Crippen LogP contribution is -2.50. The van der Waals surface area contributed by atoms with Gasteiger partial charge in [-0.15, -0.1) is 0 Å². The van der Waals surface area contributed by atoms with E-state index in [4.69, 9.17) is 0 Å². The van der Waals surface area contributed by atoms with Gasteiger partial charge in [-0.3, -0.25) is 4.79 Å². The quantitative estimate of drug-likeness (QED) is 0.902. The van der Waals surface area contributed by atoms with Gasteiger partial charge in [0.15, 0.2) is 0 Å². The highest BCUT2D eigenvalue weighted by molar-refractivity contribution is 5.89. The molecule has 3 heterocycles. The molecule has 1 aromatic heterocycles. The van der Waals surface area contributed by atoms with E-state index in [0.29, 0.717) is 30.9 Å². The van der Waals surface area contributed by atoms with Crippen molar-refractivity contribution in [3.05, 3.63) is 18.0 Å². The van der Waals surface area contributed by atoms with Crippen LogP contribution in [0.4, 0.5) is 10.5 Å². The summed E-state index contributed by atoms with van der Waals surface area (Å²) in [7, 11) is 0. The number of aromatic nitrogens is 2. The molecule has 0 aliphatic carbocycles. The summed E-state index contributed by atoms with van der Waals surface area (Å²) < 4.78 is 0. The first-order valence-corrected chi connectivity index (χ1v) is 8.29. The minimum absolute atomic E-state index is 0.107. The molecule has 3 amide bonds. The maximum atomic E-state index is 12.4. The second-order valence-corrected chi connectivity index (χ2v) is 6.22. The molecule has 124 valence electrons. The Hall–Kier alpha value is -2.18. The number of anilines is 1. The van der Waals surface area contributed by atoms with Gasteiger partial charge in [-0.1, -0.05) is 0 Å². The fraction of sp³-hybridized carbons (Fsp3) is 0.625. The monoisotopic (exact) mass is 317 g/mol. The molecule has 0 radical (unpaired) electrons. The van der Waals surface area contributed by atoms with Gasteiger partial charge in [0.05, 0.1) is 17.6 Å². The Balaban J connectivity index is 1.53. The molecule has 0 unspecified atom stereocenters. The van der Waals surface area contributed by atoms with Crippen LogP contribution >= 0.6 is 0 Å². The number of hydrogen-bond acceptors (Lipinski definition) is 4. The molecule has 2 aliphatic heterocycles. The average Bonchev–Trinajstić information content (AvgIpc) is 2.57. The van der Waals surface area contributed by atoms with Crippen LogP contribution in [0.15, 0.2) is 12.3 Å². The van der Waals surface area contributed by atoms with Crippen LogP contribution in [0, 0.1) is 6.92 Å². The number of likely N-dealkylation sites (tertiary alicyclic amines) is 2. The van der Waals surface area contributed by atoms with Crippen LogP contribution in [0.25, 0.3) is 0 Å². The normalized spacial score (nSPS) is 19.8. The number of aryl methyl sites for hydroxylation is 1. The van der Waals surface area contributed by atoms with Crippen LogP contribution in [0.3, 0.4) is 0 Å². The van der Waals surface area contributed by atoms with Gasteiger partial charge in [0, 0.05) is 32.1 Å². The first-order chi connectivity index (χ1) is 11.1. The molecule has 2 aliphatic rings. The SMILES string of the molecule is Cc1nnccc1NC(=O)N1CCC(N2CCCCC2=O)CC1. The van der Waals surface area contributed by atoms with Crippen molar-refractivity contribution in [2.45, 2.75) is 45.1 Å². The van der Waals surface area contributed by atoms with Crippen molar-refractivity contribution < 1.29 is 9.59 Å². The first kappa shape index (κ1) is 15.7. The Bertz CT molecular complexity index is 584. The molecular formula is C16H23N5O2. The van der Waals surface area contributed by atoms with Crippen LogP contribution < -0.4 is 5.32 Å². The van der Waals surface area contributed by atoms with Crippen molar-refractivity contribution in [1.82, 2.24) is 20.0 Å². The summed E-state index contributed by atoms with van der Waals surface area (Å²) in [4.78, 5) is 28.2. The minimum Gasteiger partial charge on any atom is -0.340 e. The molecule has 0 spiro atoms. The van der Waals surface area contributed by atoms with Crippen LogP contribution in [-0.4, -0.2) is 57.6 Å². The largest absolute Gasteiger partial charge is 0.340 e. The topological polar surface area (TPSA) is 78.4 Å². The number of urea groups is 1. The van der Waals surface area contributed by atoms with E-state index in [1.807, 2.05) is 16.7 Å². The predicted octanol–water partition coefficient (Wildman–Crippen LogP) is 1.79. The van der Waals surface area contributed by atoms with Gasteiger partial charge in [0.1, 0.15) is 0 Å². The summed E-state index contributed by atoms with van der Waals surface area (Å²) in [5.41, 5.74) is 1.40. The van der Waals surface area contributed by atoms with Crippen LogP contribution in [0.5, 0.6) is 0 Å². The lowest BCUT2D eigenvalue weighted by molar-refractivity contribution is -0.136. The number of carbonyl (C=O) groups is 2. The van der Waals surface area contributed by atoms with E-state index in [2.05, 4.69) is 15.5 Å². The number of nitrogens with one attached hydrogen (secondary N) is 1. The molecule has 2 saturated heterocycles. The number of amides is 3.